The van der Waals surface area contributed by atoms with Crippen LogP contribution >= 0.6 is 0 Å². The minimum atomic E-state index is -1.12. The first-order valence-corrected chi connectivity index (χ1v) is 11.0. The molecule has 0 aliphatic carbocycles. The molecule has 172 valence electrons. The fourth-order valence-electron chi connectivity index (χ4n) is 4.64. The maximum atomic E-state index is 13.8. The van der Waals surface area contributed by atoms with Crippen LogP contribution in [-0.4, -0.2) is 35.6 Å². The molecule has 3 aromatic rings. The molecule has 0 unspecified atom stereocenters. The second kappa shape index (κ2) is 8.64. The smallest absolute Gasteiger partial charge is 0.336 e. The molecule has 1 N–H and O–H groups in total. The molecule has 0 spiro atoms. The highest BCUT2D eigenvalue weighted by Gasteiger charge is 2.61. The quantitative estimate of drug-likeness (QED) is 0.561. The number of carboxylic acid groups (broad SMARTS) is 1. The van der Waals surface area contributed by atoms with Crippen LogP contribution in [0.2, 0.25) is 0 Å². The zero-order valence-corrected chi connectivity index (χ0v) is 18.3. The number of rotatable bonds is 6. The van der Waals surface area contributed by atoms with E-state index in [4.69, 9.17) is 9.57 Å². The van der Waals surface area contributed by atoms with Gasteiger partial charge in [0, 0.05) is 0 Å². The van der Waals surface area contributed by atoms with Crippen molar-refractivity contribution in [2.24, 2.45) is 5.92 Å². The van der Waals surface area contributed by atoms with E-state index in [0.29, 0.717) is 29.3 Å². The van der Waals surface area contributed by atoms with E-state index in [1.165, 1.54) is 11.1 Å². The van der Waals surface area contributed by atoms with Crippen molar-refractivity contribution < 1.29 is 29.1 Å². The van der Waals surface area contributed by atoms with Crippen LogP contribution < -0.4 is 14.7 Å². The highest BCUT2D eigenvalue weighted by atomic mass is 16.7. The van der Waals surface area contributed by atoms with Crippen molar-refractivity contribution in [2.75, 3.05) is 16.6 Å². The molecular weight excluding hydrogens is 436 g/mol. The van der Waals surface area contributed by atoms with Crippen LogP contribution in [0.4, 0.5) is 11.4 Å². The molecule has 8 heteroatoms. The van der Waals surface area contributed by atoms with E-state index in [2.05, 4.69) is 0 Å². The van der Waals surface area contributed by atoms with Gasteiger partial charge in [-0.25, -0.2) is 14.8 Å². The number of hydrogen-bond acceptors (Lipinski definition) is 6. The fraction of sp³-hybridized carbons (Fsp3) is 0.192. The van der Waals surface area contributed by atoms with Crippen LogP contribution in [0, 0.1) is 5.92 Å². The number of ether oxygens (including phenoxy) is 1. The number of amides is 2. The Balaban J connectivity index is 1.63. The summed E-state index contributed by atoms with van der Waals surface area (Å²) in [5, 5.41) is 11.3. The van der Waals surface area contributed by atoms with Crippen LogP contribution in [-0.2, 0) is 14.4 Å². The molecule has 0 bridgehead atoms. The van der Waals surface area contributed by atoms with Gasteiger partial charge in [-0.15, -0.1) is 0 Å². The minimum absolute atomic E-state index is 0.0473. The third kappa shape index (κ3) is 3.39. The summed E-state index contributed by atoms with van der Waals surface area (Å²) >= 11 is 0. The minimum Gasteiger partial charge on any atom is -0.492 e. The third-order valence-electron chi connectivity index (χ3n) is 6.04. The lowest BCUT2D eigenvalue weighted by molar-refractivity contribution is -0.126. The van der Waals surface area contributed by atoms with Gasteiger partial charge >= 0.3 is 5.97 Å². The summed E-state index contributed by atoms with van der Waals surface area (Å²) in [6.45, 7) is 2.19. The van der Waals surface area contributed by atoms with Crippen molar-refractivity contribution in [1.82, 2.24) is 0 Å². The van der Waals surface area contributed by atoms with E-state index in [0.717, 1.165) is 4.90 Å². The lowest BCUT2D eigenvalue weighted by atomic mass is 9.88. The van der Waals surface area contributed by atoms with Gasteiger partial charge in [0.05, 0.1) is 29.6 Å². The Morgan fingerprint density at radius 3 is 2.35 bits per heavy atom. The van der Waals surface area contributed by atoms with Gasteiger partial charge in [0.2, 0.25) is 5.91 Å². The Bertz CT molecular complexity index is 1260. The Hall–Kier alpha value is -4.17. The maximum absolute atomic E-state index is 13.8. The molecule has 2 aliphatic rings. The van der Waals surface area contributed by atoms with Crippen molar-refractivity contribution >= 4 is 29.2 Å². The van der Waals surface area contributed by atoms with Crippen molar-refractivity contribution in [3.63, 3.8) is 0 Å². The molecule has 3 aromatic carbocycles. The lowest BCUT2D eigenvalue weighted by Crippen LogP contribution is -2.38. The van der Waals surface area contributed by atoms with Gasteiger partial charge in [0.1, 0.15) is 11.7 Å². The molecule has 0 radical (unpaired) electrons. The number of benzene rings is 3. The van der Waals surface area contributed by atoms with E-state index >= 15 is 0 Å². The second-order valence-electron chi connectivity index (χ2n) is 7.96. The molecule has 2 fully saturated rings. The molecule has 0 aromatic heterocycles. The zero-order chi connectivity index (χ0) is 23.8. The van der Waals surface area contributed by atoms with Gasteiger partial charge in [-0.1, -0.05) is 48.5 Å². The standard InChI is InChI=1S/C26H22N2O6/c1-2-33-20-15-9-8-14-19(20)27-24(29)21-22(17-12-6-7-13-18(17)26(31)32)28(34-23(21)25(27)30)16-10-4-3-5-11-16/h3-15,21-23H,2H2,1H3,(H,31,32)/t21-,22+,23+/m0/s1. The Labute approximate surface area is 195 Å². The zero-order valence-electron chi connectivity index (χ0n) is 18.3. The summed E-state index contributed by atoms with van der Waals surface area (Å²) in [5.41, 5.74) is 1.40. The Morgan fingerprint density at radius 1 is 0.941 bits per heavy atom. The van der Waals surface area contributed by atoms with Crippen LogP contribution in [0.3, 0.4) is 0 Å². The van der Waals surface area contributed by atoms with Gasteiger partial charge in [-0.2, -0.15) is 0 Å². The third-order valence-corrected chi connectivity index (χ3v) is 6.04. The van der Waals surface area contributed by atoms with Crippen molar-refractivity contribution in [2.45, 2.75) is 19.1 Å². The number of carbonyl (C=O) groups is 3. The summed E-state index contributed by atoms with van der Waals surface area (Å²) < 4.78 is 5.65. The van der Waals surface area contributed by atoms with Gasteiger partial charge in [-0.05, 0) is 42.8 Å². The molecule has 8 nitrogen and oxygen atoms in total. The van der Waals surface area contributed by atoms with Gasteiger partial charge < -0.3 is 9.84 Å². The number of fused-ring (bicyclic) bond motifs is 1. The first-order chi connectivity index (χ1) is 16.5. The molecule has 2 heterocycles. The van der Waals surface area contributed by atoms with E-state index < -0.39 is 35.8 Å². The number of hydrogen-bond donors (Lipinski definition) is 1. The summed E-state index contributed by atoms with van der Waals surface area (Å²) in [6, 6.07) is 21.5. The van der Waals surface area contributed by atoms with E-state index in [-0.39, 0.29) is 5.56 Å². The highest BCUT2D eigenvalue weighted by molar-refractivity contribution is 6.24. The number of imide groups is 1. The molecule has 0 saturated carbocycles. The van der Waals surface area contributed by atoms with Gasteiger partial charge in [0.15, 0.2) is 6.10 Å². The number of carbonyl (C=O) groups excluding carboxylic acids is 2. The molecule has 3 atom stereocenters. The molecule has 2 aliphatic heterocycles. The maximum Gasteiger partial charge on any atom is 0.336 e. The number of anilines is 2. The monoisotopic (exact) mass is 458 g/mol. The van der Waals surface area contributed by atoms with Gasteiger partial charge in [0.25, 0.3) is 5.91 Å². The molecule has 5 rings (SSSR count). The molecular formula is C26H22N2O6. The number of carboxylic acids is 1. The van der Waals surface area contributed by atoms with Crippen LogP contribution in [0.15, 0.2) is 78.9 Å². The highest BCUT2D eigenvalue weighted by Crippen LogP contribution is 2.49. The topological polar surface area (TPSA) is 96.4 Å². The second-order valence-corrected chi connectivity index (χ2v) is 7.96. The summed E-state index contributed by atoms with van der Waals surface area (Å²) in [5.74, 6) is -2.64. The molecule has 34 heavy (non-hydrogen) atoms. The Morgan fingerprint density at radius 2 is 1.62 bits per heavy atom. The van der Waals surface area contributed by atoms with Crippen molar-refractivity contribution in [1.29, 1.82) is 0 Å². The predicted molar refractivity (Wildman–Crippen MR) is 124 cm³/mol. The average Bonchev–Trinajstić information content (AvgIpc) is 3.36. The number of nitrogens with zero attached hydrogens (tertiary/aromatic N) is 2. The first-order valence-electron chi connectivity index (χ1n) is 11.0. The molecule has 2 amide bonds. The number of para-hydroxylation sites is 3. The summed E-state index contributed by atoms with van der Waals surface area (Å²) in [6.07, 6.45) is -1.10. The lowest BCUT2D eigenvalue weighted by Gasteiger charge is -2.29. The van der Waals surface area contributed by atoms with Crippen LogP contribution in [0.5, 0.6) is 5.75 Å². The van der Waals surface area contributed by atoms with Gasteiger partial charge in [-0.3, -0.25) is 14.4 Å². The van der Waals surface area contributed by atoms with E-state index in [9.17, 15) is 19.5 Å². The SMILES string of the molecule is CCOc1ccccc1N1C(=O)[C@H]2[C@@H](c3ccccc3C(=O)O)N(c3ccccc3)O[C@H]2C1=O. The van der Waals surface area contributed by atoms with Crippen LogP contribution in [0.25, 0.3) is 0 Å². The largest absolute Gasteiger partial charge is 0.492 e. The molecule has 2 saturated heterocycles. The first kappa shape index (κ1) is 21.7. The fourth-order valence-corrected chi connectivity index (χ4v) is 4.64. The normalized spacial score (nSPS) is 21.6. The van der Waals surface area contributed by atoms with Crippen LogP contribution in [0.1, 0.15) is 28.9 Å². The summed E-state index contributed by atoms with van der Waals surface area (Å²) in [7, 11) is 0. The summed E-state index contributed by atoms with van der Waals surface area (Å²) in [4.78, 5) is 46.5. The predicted octanol–water partition coefficient (Wildman–Crippen LogP) is 3.83. The van der Waals surface area contributed by atoms with E-state index in [1.54, 1.807) is 66.7 Å². The number of hydroxylamine groups is 1. The van der Waals surface area contributed by atoms with E-state index in [1.807, 2.05) is 13.0 Å². The number of aromatic carboxylic acids is 1. The average molecular weight is 458 g/mol. The Kier molecular flexibility index (Phi) is 5.51. The van der Waals surface area contributed by atoms with Crippen molar-refractivity contribution in [3.05, 3.63) is 90.0 Å². The van der Waals surface area contributed by atoms with Crippen molar-refractivity contribution in [3.8, 4) is 5.75 Å².